The molecular weight excluding hydrogens is 404 g/mol. The van der Waals surface area contributed by atoms with Crippen molar-refractivity contribution < 1.29 is 28.8 Å². The molecule has 0 saturated heterocycles. The van der Waals surface area contributed by atoms with Crippen LogP contribution < -0.4 is 0 Å². The molecule has 0 aliphatic carbocycles. The molecule has 9 heteroatoms. The van der Waals surface area contributed by atoms with Gasteiger partial charge in [-0.3, -0.25) is 19.7 Å². The van der Waals surface area contributed by atoms with Crippen molar-refractivity contribution in [2.24, 2.45) is 5.92 Å². The Hall–Kier alpha value is -3.75. The van der Waals surface area contributed by atoms with Crippen molar-refractivity contribution in [1.29, 1.82) is 0 Å². The zero-order valence-electron chi connectivity index (χ0n) is 17.6. The van der Waals surface area contributed by atoms with Crippen molar-refractivity contribution in [2.75, 3.05) is 20.3 Å². The van der Waals surface area contributed by atoms with Crippen molar-refractivity contribution in [3.8, 4) is 0 Å². The second-order valence-corrected chi connectivity index (χ2v) is 6.84. The van der Waals surface area contributed by atoms with Gasteiger partial charge in [0.15, 0.2) is 0 Å². The van der Waals surface area contributed by atoms with Gasteiger partial charge in [-0.15, -0.1) is 0 Å². The lowest BCUT2D eigenvalue weighted by Crippen LogP contribution is -2.37. The molecule has 31 heavy (non-hydrogen) atoms. The number of amides is 1. The fourth-order valence-electron chi connectivity index (χ4n) is 2.98. The molecule has 164 valence electrons. The molecule has 0 aliphatic rings. The highest BCUT2D eigenvalue weighted by Gasteiger charge is 2.25. The third-order valence-electron chi connectivity index (χ3n) is 4.49. The van der Waals surface area contributed by atoms with Crippen molar-refractivity contribution in [1.82, 2.24) is 4.90 Å². The van der Waals surface area contributed by atoms with Crippen LogP contribution in [0.4, 0.5) is 5.69 Å². The number of methoxy groups -OCH3 is 1. The maximum absolute atomic E-state index is 13.3. The summed E-state index contributed by atoms with van der Waals surface area (Å²) in [6, 6.07) is 12.5. The maximum Gasteiger partial charge on any atom is 0.338 e. The van der Waals surface area contributed by atoms with Crippen LogP contribution in [0.5, 0.6) is 0 Å². The summed E-state index contributed by atoms with van der Waals surface area (Å²) in [7, 11) is 1.26. The Kier molecular flexibility index (Phi) is 8.25. The number of hydrogen-bond acceptors (Lipinski definition) is 7. The molecule has 0 bridgehead atoms. The summed E-state index contributed by atoms with van der Waals surface area (Å²) in [6.45, 7) is 3.50. The third-order valence-corrected chi connectivity index (χ3v) is 4.49. The minimum atomic E-state index is -0.766. The summed E-state index contributed by atoms with van der Waals surface area (Å²) in [4.78, 5) is 49.4. The normalized spacial score (nSPS) is 11.3. The molecule has 9 nitrogen and oxygen atoms in total. The first kappa shape index (κ1) is 23.5. The zero-order chi connectivity index (χ0) is 23.0. The van der Waals surface area contributed by atoms with Crippen LogP contribution in [0.3, 0.4) is 0 Å². The third kappa shape index (κ3) is 6.36. The van der Waals surface area contributed by atoms with E-state index in [1.54, 1.807) is 13.8 Å². The van der Waals surface area contributed by atoms with Crippen molar-refractivity contribution in [3.05, 3.63) is 75.3 Å². The number of nitro benzene ring substituents is 1. The van der Waals surface area contributed by atoms with Gasteiger partial charge in [0.2, 0.25) is 0 Å². The van der Waals surface area contributed by atoms with Gasteiger partial charge in [-0.2, -0.15) is 0 Å². The summed E-state index contributed by atoms with van der Waals surface area (Å²) < 4.78 is 9.67. The standard InChI is InChI=1S/C22H24N2O7/c1-4-31-22(27)18-10-17(11-19(12-18)24(28)29)20(25)23(13-15(2)21(26)30-3)14-16-8-6-5-7-9-16/h5-12,15H,4,13-14H2,1-3H3. The second kappa shape index (κ2) is 10.9. The largest absolute Gasteiger partial charge is 0.469 e. The zero-order valence-corrected chi connectivity index (χ0v) is 17.6. The van der Waals surface area contributed by atoms with Gasteiger partial charge in [-0.05, 0) is 18.6 Å². The number of hydrogen-bond donors (Lipinski definition) is 0. The molecule has 0 radical (unpaired) electrons. The first-order valence-corrected chi connectivity index (χ1v) is 9.64. The van der Waals surface area contributed by atoms with Crippen LogP contribution in [-0.2, 0) is 20.8 Å². The van der Waals surface area contributed by atoms with E-state index in [-0.39, 0.29) is 30.8 Å². The van der Waals surface area contributed by atoms with Gasteiger partial charge in [0.05, 0.1) is 30.1 Å². The molecule has 2 aromatic carbocycles. The van der Waals surface area contributed by atoms with Gasteiger partial charge in [0.1, 0.15) is 0 Å². The molecule has 1 atom stereocenters. The maximum atomic E-state index is 13.3. The fourth-order valence-corrected chi connectivity index (χ4v) is 2.98. The first-order valence-electron chi connectivity index (χ1n) is 9.64. The predicted molar refractivity (Wildman–Crippen MR) is 111 cm³/mol. The van der Waals surface area contributed by atoms with E-state index >= 15 is 0 Å². The van der Waals surface area contributed by atoms with E-state index in [0.29, 0.717) is 0 Å². The molecular formula is C22H24N2O7. The van der Waals surface area contributed by atoms with E-state index in [2.05, 4.69) is 0 Å². The number of non-ortho nitro benzene ring substituents is 1. The molecule has 0 fully saturated rings. The lowest BCUT2D eigenvalue weighted by Gasteiger charge is -2.25. The highest BCUT2D eigenvalue weighted by atomic mass is 16.6. The average Bonchev–Trinajstić information content (AvgIpc) is 2.77. The van der Waals surface area contributed by atoms with Crippen LogP contribution in [-0.4, -0.2) is 47.9 Å². The first-order chi connectivity index (χ1) is 14.8. The molecule has 0 heterocycles. The Bertz CT molecular complexity index is 960. The average molecular weight is 428 g/mol. The SMILES string of the molecule is CCOC(=O)c1cc(C(=O)N(Cc2ccccc2)CC(C)C(=O)OC)cc([N+](=O)[O-])c1. The van der Waals surface area contributed by atoms with Gasteiger partial charge in [0, 0.05) is 30.8 Å². The van der Waals surface area contributed by atoms with Gasteiger partial charge in [-0.25, -0.2) is 4.79 Å². The van der Waals surface area contributed by atoms with Crippen molar-refractivity contribution >= 4 is 23.5 Å². The van der Waals surface area contributed by atoms with Crippen LogP contribution in [0.25, 0.3) is 0 Å². The Morgan fingerprint density at radius 3 is 2.32 bits per heavy atom. The molecule has 0 aromatic heterocycles. The topological polar surface area (TPSA) is 116 Å². The van der Waals surface area contributed by atoms with Crippen molar-refractivity contribution in [2.45, 2.75) is 20.4 Å². The molecule has 1 amide bonds. The molecule has 0 spiro atoms. The van der Waals surface area contributed by atoms with Crippen LogP contribution in [0.2, 0.25) is 0 Å². The van der Waals surface area contributed by atoms with E-state index in [0.717, 1.165) is 17.7 Å². The summed E-state index contributed by atoms with van der Waals surface area (Å²) in [6.07, 6.45) is 0. The second-order valence-electron chi connectivity index (χ2n) is 6.84. The predicted octanol–water partition coefficient (Wildman–Crippen LogP) is 3.22. The van der Waals surface area contributed by atoms with Gasteiger partial charge >= 0.3 is 11.9 Å². The van der Waals surface area contributed by atoms with Gasteiger partial charge in [0.25, 0.3) is 11.6 Å². The molecule has 0 aliphatic heterocycles. The van der Waals surface area contributed by atoms with E-state index < -0.39 is 34.4 Å². The lowest BCUT2D eigenvalue weighted by molar-refractivity contribution is -0.384. The number of nitro groups is 1. The number of esters is 2. The molecule has 0 saturated carbocycles. The van der Waals surface area contributed by atoms with Gasteiger partial charge < -0.3 is 14.4 Å². The highest BCUT2D eigenvalue weighted by Crippen LogP contribution is 2.21. The van der Waals surface area contributed by atoms with E-state index in [4.69, 9.17) is 9.47 Å². The van der Waals surface area contributed by atoms with Crippen molar-refractivity contribution in [3.63, 3.8) is 0 Å². The summed E-state index contributed by atoms with van der Waals surface area (Å²) >= 11 is 0. The number of carbonyl (C=O) groups is 3. The lowest BCUT2D eigenvalue weighted by atomic mass is 10.1. The molecule has 2 aromatic rings. The number of nitrogens with zero attached hydrogens (tertiary/aromatic N) is 2. The van der Waals surface area contributed by atoms with E-state index in [1.165, 1.54) is 18.1 Å². The molecule has 2 rings (SSSR count). The Labute approximate surface area is 179 Å². The molecule has 0 N–H and O–H groups in total. The Morgan fingerprint density at radius 1 is 1.10 bits per heavy atom. The van der Waals surface area contributed by atoms with E-state index in [9.17, 15) is 24.5 Å². The Balaban J connectivity index is 2.45. The Morgan fingerprint density at radius 2 is 1.74 bits per heavy atom. The molecule has 1 unspecified atom stereocenters. The van der Waals surface area contributed by atoms with Crippen LogP contribution >= 0.6 is 0 Å². The number of benzene rings is 2. The number of ether oxygens (including phenoxy) is 2. The quantitative estimate of drug-likeness (QED) is 0.342. The minimum Gasteiger partial charge on any atom is -0.469 e. The number of carbonyl (C=O) groups excluding carboxylic acids is 3. The smallest absolute Gasteiger partial charge is 0.338 e. The van der Waals surface area contributed by atoms with Gasteiger partial charge in [-0.1, -0.05) is 37.3 Å². The van der Waals surface area contributed by atoms with E-state index in [1.807, 2.05) is 30.3 Å². The number of rotatable bonds is 9. The van der Waals surface area contributed by atoms with Crippen LogP contribution in [0.1, 0.15) is 40.1 Å². The summed E-state index contributed by atoms with van der Waals surface area (Å²) in [5, 5.41) is 11.3. The van der Waals surface area contributed by atoms with Crippen LogP contribution in [0.15, 0.2) is 48.5 Å². The summed E-state index contributed by atoms with van der Waals surface area (Å²) in [5.41, 5.74) is 0.254. The van der Waals surface area contributed by atoms with Crippen LogP contribution in [0, 0.1) is 16.0 Å². The highest BCUT2D eigenvalue weighted by molar-refractivity contribution is 5.99. The fraction of sp³-hybridized carbons (Fsp3) is 0.318. The summed E-state index contributed by atoms with van der Waals surface area (Å²) in [5.74, 6) is -2.44. The minimum absolute atomic E-state index is 0.0256. The monoisotopic (exact) mass is 428 g/mol.